The number of fused-ring (bicyclic) bond motifs is 1. The highest BCUT2D eigenvalue weighted by molar-refractivity contribution is 5.89. The third-order valence-corrected chi connectivity index (χ3v) is 7.09. The van der Waals surface area contributed by atoms with Crippen molar-refractivity contribution in [3.05, 3.63) is 52.2 Å². The Morgan fingerprint density at radius 1 is 0.775 bits per heavy atom. The van der Waals surface area contributed by atoms with Crippen molar-refractivity contribution in [1.29, 1.82) is 0 Å². The summed E-state index contributed by atoms with van der Waals surface area (Å²) in [4.78, 5) is 13.1. The lowest BCUT2D eigenvalue weighted by atomic mass is 9.89. The van der Waals surface area contributed by atoms with Gasteiger partial charge in [0.05, 0.1) is 18.8 Å². The number of ether oxygens (including phenoxy) is 3. The number of aliphatic hydroxyl groups excluding tert-OH is 6. The lowest BCUT2D eigenvalue weighted by molar-refractivity contribution is -0.289. The Morgan fingerprint density at radius 2 is 1.40 bits per heavy atom. The highest BCUT2D eigenvalue weighted by Gasteiger charge is 2.52. The first-order valence-corrected chi connectivity index (χ1v) is 12.3. The van der Waals surface area contributed by atoms with Gasteiger partial charge in [-0.05, 0) is 24.3 Å². The van der Waals surface area contributed by atoms with Crippen LogP contribution in [0.15, 0.2) is 45.6 Å². The normalized spacial score (nSPS) is 32.5. The Kier molecular flexibility index (Phi) is 7.71. The minimum Gasteiger partial charge on any atom is -0.508 e. The number of phenols is 3. The highest BCUT2D eigenvalue weighted by Crippen LogP contribution is 2.45. The van der Waals surface area contributed by atoms with Crippen LogP contribution in [0.3, 0.4) is 0 Å². The van der Waals surface area contributed by atoms with Crippen LogP contribution < -0.4 is 5.43 Å². The van der Waals surface area contributed by atoms with Gasteiger partial charge in [0.2, 0.25) is 0 Å². The van der Waals surface area contributed by atoms with E-state index in [1.807, 2.05) is 0 Å². The molecule has 5 rings (SSSR count). The summed E-state index contributed by atoms with van der Waals surface area (Å²) in [5.74, 6) is -1.39. The van der Waals surface area contributed by atoms with Crippen LogP contribution in [0.25, 0.3) is 22.3 Å². The minimum atomic E-state index is -1.84. The summed E-state index contributed by atoms with van der Waals surface area (Å²) in [6.07, 6.45) is -14.4. The zero-order valence-electron chi connectivity index (χ0n) is 20.6. The zero-order valence-corrected chi connectivity index (χ0v) is 20.6. The summed E-state index contributed by atoms with van der Waals surface area (Å²) in [7, 11) is 0. The van der Waals surface area contributed by atoms with Gasteiger partial charge in [0.15, 0.2) is 17.3 Å². The Balaban J connectivity index is 1.67. The van der Waals surface area contributed by atoms with E-state index in [0.717, 1.165) is 12.1 Å². The van der Waals surface area contributed by atoms with Crippen molar-refractivity contribution in [3.63, 3.8) is 0 Å². The summed E-state index contributed by atoms with van der Waals surface area (Å²) >= 11 is 0. The van der Waals surface area contributed by atoms with Crippen LogP contribution in [0.4, 0.5) is 0 Å². The van der Waals surface area contributed by atoms with E-state index in [1.165, 1.54) is 24.3 Å². The second-order valence-corrected chi connectivity index (χ2v) is 9.62. The zero-order chi connectivity index (χ0) is 28.9. The SMILES string of the molecule is O=c1cc(-c2ccc(O)cc2)oc2c([C@@H]3OC(CO)[C@@H](O)[C@H](O)C3O[C@H]3O[C@H](CO)[C@H](O)C3O)c(O)cc(O)c12. The average molecular weight is 564 g/mol. The predicted molar refractivity (Wildman–Crippen MR) is 132 cm³/mol. The van der Waals surface area contributed by atoms with E-state index in [0.29, 0.717) is 5.56 Å². The van der Waals surface area contributed by atoms with Crippen LogP contribution in [0.5, 0.6) is 17.2 Å². The van der Waals surface area contributed by atoms with Crippen LogP contribution in [0.1, 0.15) is 11.7 Å². The number of aliphatic hydroxyl groups is 6. The van der Waals surface area contributed by atoms with Crippen LogP contribution in [0, 0.1) is 0 Å². The highest BCUT2D eigenvalue weighted by atomic mass is 16.7. The molecule has 0 saturated carbocycles. The molecule has 3 unspecified atom stereocenters. The van der Waals surface area contributed by atoms with Gasteiger partial charge in [-0.3, -0.25) is 4.79 Å². The van der Waals surface area contributed by atoms with E-state index >= 15 is 0 Å². The van der Waals surface area contributed by atoms with Gasteiger partial charge in [-0.2, -0.15) is 0 Å². The topological polar surface area (TPSA) is 240 Å². The first-order valence-electron chi connectivity index (χ1n) is 12.3. The molecule has 3 aromatic rings. The third kappa shape index (κ3) is 4.79. The van der Waals surface area contributed by atoms with Crippen LogP contribution in [-0.2, 0) is 14.2 Å². The lowest BCUT2D eigenvalue weighted by Crippen LogP contribution is -2.57. The fourth-order valence-corrected chi connectivity index (χ4v) is 4.97. The number of hydrogen-bond donors (Lipinski definition) is 9. The van der Waals surface area contributed by atoms with Gasteiger partial charge in [-0.1, -0.05) is 0 Å². The summed E-state index contributed by atoms with van der Waals surface area (Å²) in [5.41, 5.74) is -1.07. The van der Waals surface area contributed by atoms with E-state index in [2.05, 4.69) is 0 Å². The third-order valence-electron chi connectivity index (χ3n) is 7.09. The fourth-order valence-electron chi connectivity index (χ4n) is 4.97. The molecule has 2 fully saturated rings. The van der Waals surface area contributed by atoms with E-state index in [4.69, 9.17) is 18.6 Å². The summed E-state index contributed by atoms with van der Waals surface area (Å²) in [6.45, 7) is -1.45. The molecular weight excluding hydrogens is 536 g/mol. The predicted octanol–water partition coefficient (Wildman–Crippen LogP) is -1.45. The minimum absolute atomic E-state index is 0.0280. The van der Waals surface area contributed by atoms with E-state index in [1.54, 1.807) is 0 Å². The molecule has 14 nitrogen and oxygen atoms in total. The monoisotopic (exact) mass is 564 g/mol. The van der Waals surface area contributed by atoms with Gasteiger partial charge in [0.1, 0.15) is 77.2 Å². The number of aromatic hydroxyl groups is 3. The Hall–Kier alpha value is -3.31. The first-order chi connectivity index (χ1) is 19.0. The van der Waals surface area contributed by atoms with Gasteiger partial charge in [-0.15, -0.1) is 0 Å². The van der Waals surface area contributed by atoms with Crippen LogP contribution >= 0.6 is 0 Å². The Bertz CT molecular complexity index is 1420. The maximum atomic E-state index is 13.1. The molecule has 9 atom stereocenters. The second-order valence-electron chi connectivity index (χ2n) is 9.62. The molecule has 0 radical (unpaired) electrons. The summed E-state index contributed by atoms with van der Waals surface area (Å²) in [6, 6.07) is 7.52. The smallest absolute Gasteiger partial charge is 0.197 e. The molecule has 0 spiro atoms. The standard InChI is InChI=1S/C26H28O14/c27-7-15-19(33)21(35)25(40-26-22(36)20(34)16(8-28)39-26)24(38-15)18-12(31)5-11(30)17-13(32)6-14(37-23(17)18)9-1-3-10(29)4-2-9/h1-6,15-16,19-22,24-31,33-36H,7-8H2/t15?,16-,19-,20+,21+,22?,24+,25?,26-/m1/s1. The van der Waals surface area contributed by atoms with Crippen LogP contribution in [-0.4, -0.2) is 108 Å². The van der Waals surface area contributed by atoms with Crippen molar-refractivity contribution in [2.75, 3.05) is 13.2 Å². The second kappa shape index (κ2) is 10.9. The molecule has 9 N–H and O–H groups in total. The molecule has 0 bridgehead atoms. The van der Waals surface area contributed by atoms with Gasteiger partial charge >= 0.3 is 0 Å². The van der Waals surface area contributed by atoms with Crippen molar-refractivity contribution >= 4 is 11.0 Å². The maximum absolute atomic E-state index is 13.1. The largest absolute Gasteiger partial charge is 0.508 e. The van der Waals surface area contributed by atoms with E-state index in [9.17, 15) is 50.8 Å². The summed E-state index contributed by atoms with van der Waals surface area (Å²) in [5, 5.41) is 91.9. The fraction of sp³-hybridized carbons (Fsp3) is 0.423. The molecule has 1 aromatic heterocycles. The van der Waals surface area contributed by atoms with Gasteiger partial charge in [-0.25, -0.2) is 0 Å². The molecule has 40 heavy (non-hydrogen) atoms. The van der Waals surface area contributed by atoms with E-state index < -0.39 is 85.3 Å². The number of rotatable bonds is 6. The Morgan fingerprint density at radius 3 is 2.02 bits per heavy atom. The molecule has 0 aliphatic carbocycles. The molecule has 2 aromatic carbocycles. The molecule has 3 heterocycles. The Labute approximate surface area is 225 Å². The number of benzene rings is 2. The summed E-state index contributed by atoms with van der Waals surface area (Å²) < 4.78 is 22.8. The van der Waals surface area contributed by atoms with Crippen molar-refractivity contribution in [2.45, 2.75) is 55.1 Å². The van der Waals surface area contributed by atoms with Crippen molar-refractivity contribution < 1.29 is 64.6 Å². The van der Waals surface area contributed by atoms with Gasteiger partial charge in [0, 0.05) is 17.7 Å². The molecular formula is C26H28O14. The molecule has 2 aliphatic heterocycles. The quantitative estimate of drug-likeness (QED) is 0.167. The van der Waals surface area contributed by atoms with Crippen molar-refractivity contribution in [1.82, 2.24) is 0 Å². The first kappa shape index (κ1) is 28.2. The number of phenolic OH excluding ortho intramolecular Hbond substituents is 3. The van der Waals surface area contributed by atoms with Crippen molar-refractivity contribution in [3.8, 4) is 28.6 Å². The van der Waals surface area contributed by atoms with Gasteiger partial charge in [0.25, 0.3) is 0 Å². The molecule has 2 saturated heterocycles. The van der Waals surface area contributed by atoms with Crippen molar-refractivity contribution in [2.24, 2.45) is 0 Å². The number of hydrogen-bond acceptors (Lipinski definition) is 14. The average Bonchev–Trinajstić information content (AvgIpc) is 3.20. The maximum Gasteiger partial charge on any atom is 0.197 e. The van der Waals surface area contributed by atoms with E-state index in [-0.39, 0.29) is 28.0 Å². The lowest BCUT2D eigenvalue weighted by Gasteiger charge is -2.43. The molecule has 2 aliphatic rings. The van der Waals surface area contributed by atoms with Gasteiger partial charge < -0.3 is 64.6 Å². The molecule has 0 amide bonds. The van der Waals surface area contributed by atoms with Crippen LogP contribution in [0.2, 0.25) is 0 Å². The molecule has 14 heteroatoms. The molecule has 216 valence electrons.